The molecule has 0 heterocycles. The first-order chi connectivity index (χ1) is 47.4. The Hall–Kier alpha value is -1.94. The second-order valence-electron chi connectivity index (χ2n) is 29.2. The van der Waals surface area contributed by atoms with E-state index in [1.807, 2.05) is 0 Å². The molecular weight excluding hydrogens is 1280 g/mol. The first-order valence-corrected chi connectivity index (χ1v) is 44.0. The van der Waals surface area contributed by atoms with Gasteiger partial charge in [-0.05, 0) is 37.5 Å². The highest BCUT2D eigenvalue weighted by Crippen LogP contribution is 2.45. The van der Waals surface area contributed by atoms with Crippen LogP contribution in [0, 0.1) is 11.8 Å². The molecule has 3 N–H and O–H groups in total. The van der Waals surface area contributed by atoms with Crippen molar-refractivity contribution in [3.05, 3.63) is 0 Å². The number of phosphoric acid groups is 2. The van der Waals surface area contributed by atoms with Gasteiger partial charge in [0.25, 0.3) is 0 Å². The van der Waals surface area contributed by atoms with Crippen molar-refractivity contribution in [3.63, 3.8) is 0 Å². The van der Waals surface area contributed by atoms with E-state index in [0.29, 0.717) is 25.7 Å². The molecule has 6 atom stereocenters. The lowest BCUT2D eigenvalue weighted by Gasteiger charge is -2.21. The zero-order chi connectivity index (χ0) is 72.1. The molecule has 98 heavy (non-hydrogen) atoms. The summed E-state index contributed by atoms with van der Waals surface area (Å²) in [7, 11) is -9.92. The van der Waals surface area contributed by atoms with Gasteiger partial charge in [0, 0.05) is 25.7 Å². The molecular formula is C79H154O17P2. The van der Waals surface area contributed by atoms with E-state index in [1.165, 1.54) is 225 Å². The maximum Gasteiger partial charge on any atom is 0.472 e. The molecule has 19 heteroatoms. The van der Waals surface area contributed by atoms with E-state index >= 15 is 0 Å². The van der Waals surface area contributed by atoms with Gasteiger partial charge >= 0.3 is 39.5 Å². The Morgan fingerprint density at radius 3 is 0.776 bits per heavy atom. The fraction of sp³-hybridized carbons (Fsp3) is 0.949. The minimum atomic E-state index is -4.96. The maximum atomic E-state index is 13.1. The molecule has 0 aliphatic carbocycles. The lowest BCUT2D eigenvalue weighted by molar-refractivity contribution is -0.161. The van der Waals surface area contributed by atoms with Crippen molar-refractivity contribution >= 4 is 39.5 Å². The minimum Gasteiger partial charge on any atom is -0.462 e. The molecule has 0 bridgehead atoms. The van der Waals surface area contributed by atoms with E-state index < -0.39 is 97.5 Å². The average Bonchev–Trinajstić information content (AvgIpc) is 1.15. The summed E-state index contributed by atoms with van der Waals surface area (Å²) in [4.78, 5) is 73.0. The summed E-state index contributed by atoms with van der Waals surface area (Å²) in [5.74, 6) is -0.598. The third kappa shape index (κ3) is 71.1. The summed E-state index contributed by atoms with van der Waals surface area (Å²) < 4.78 is 68.7. The molecule has 0 aromatic heterocycles. The fourth-order valence-electron chi connectivity index (χ4n) is 12.2. The van der Waals surface area contributed by atoms with E-state index in [0.717, 1.165) is 108 Å². The zero-order valence-electron chi connectivity index (χ0n) is 64.1. The van der Waals surface area contributed by atoms with Gasteiger partial charge in [0.2, 0.25) is 0 Å². The Morgan fingerprint density at radius 2 is 0.520 bits per heavy atom. The van der Waals surface area contributed by atoms with Crippen LogP contribution in [0.2, 0.25) is 0 Å². The molecule has 0 spiro atoms. The number of carbonyl (C=O) groups excluding carboxylic acids is 4. The van der Waals surface area contributed by atoms with Crippen molar-refractivity contribution in [2.24, 2.45) is 11.8 Å². The van der Waals surface area contributed by atoms with Crippen molar-refractivity contribution in [2.75, 3.05) is 39.6 Å². The number of hydrogen-bond acceptors (Lipinski definition) is 15. The fourth-order valence-corrected chi connectivity index (χ4v) is 13.7. The number of rotatable bonds is 78. The number of carbonyl (C=O) groups is 4. The summed E-state index contributed by atoms with van der Waals surface area (Å²) in [6.45, 7) is 9.60. The molecule has 0 saturated heterocycles. The Morgan fingerprint density at radius 1 is 0.296 bits per heavy atom. The first-order valence-electron chi connectivity index (χ1n) is 41.0. The monoisotopic (exact) mass is 1440 g/mol. The van der Waals surface area contributed by atoms with Crippen molar-refractivity contribution in [2.45, 2.75) is 432 Å². The minimum absolute atomic E-state index is 0.107. The van der Waals surface area contributed by atoms with Gasteiger partial charge in [-0.1, -0.05) is 363 Å². The van der Waals surface area contributed by atoms with Crippen LogP contribution < -0.4 is 0 Å². The van der Waals surface area contributed by atoms with Crippen LogP contribution in [-0.4, -0.2) is 96.7 Å². The highest BCUT2D eigenvalue weighted by molar-refractivity contribution is 7.47. The van der Waals surface area contributed by atoms with Gasteiger partial charge < -0.3 is 33.8 Å². The summed E-state index contributed by atoms with van der Waals surface area (Å²) >= 11 is 0. The zero-order valence-corrected chi connectivity index (χ0v) is 65.9. The van der Waals surface area contributed by atoms with E-state index in [-0.39, 0.29) is 25.7 Å². The molecule has 0 aromatic carbocycles. The Kier molecular flexibility index (Phi) is 69.3. The number of unbranched alkanes of at least 4 members (excludes halogenated alkanes) is 47. The van der Waals surface area contributed by atoms with Gasteiger partial charge in [0.05, 0.1) is 26.4 Å². The molecule has 0 aromatic rings. The van der Waals surface area contributed by atoms with Crippen molar-refractivity contribution in [1.29, 1.82) is 0 Å². The van der Waals surface area contributed by atoms with Gasteiger partial charge in [-0.3, -0.25) is 37.3 Å². The number of aliphatic hydroxyl groups excluding tert-OH is 1. The van der Waals surface area contributed by atoms with E-state index in [2.05, 4.69) is 41.5 Å². The molecule has 0 rings (SSSR count). The second kappa shape index (κ2) is 70.7. The third-order valence-electron chi connectivity index (χ3n) is 18.8. The smallest absolute Gasteiger partial charge is 0.462 e. The first kappa shape index (κ1) is 96.1. The van der Waals surface area contributed by atoms with E-state index in [9.17, 15) is 43.2 Å². The standard InChI is InChI=1S/C79H154O17P2/c1-7-10-12-14-16-18-20-22-24-25-26-28-30-36-40-44-52-58-63-78(83)95-74(67-89-76(81)61-55-49-42-38-34-32-31-33-37-41-47-53-59-71(4)5)69-93-97(85,86)91-65-73(80)66-92-98(87,88)94-70-75(68-90-77(82)62-56-50-46-45-48-54-60-72(6)9-3)96-79(84)64-57-51-43-39-35-29-27-23-21-19-17-15-13-11-8-2/h71-75,80H,7-70H2,1-6H3,(H,85,86)(H,87,88)/t72?,73-,74-,75-/m1/s1. The normalized spacial score (nSPS) is 14.2. The molecule has 0 amide bonds. The summed E-state index contributed by atoms with van der Waals surface area (Å²) in [6.07, 6.45) is 59.6. The van der Waals surface area contributed by atoms with Gasteiger partial charge in [-0.2, -0.15) is 0 Å². The van der Waals surface area contributed by atoms with Crippen LogP contribution in [0.25, 0.3) is 0 Å². The molecule has 0 aliphatic heterocycles. The predicted molar refractivity (Wildman–Crippen MR) is 400 cm³/mol. The SMILES string of the molecule is CCCCCCCCCCCCCCCCCCCCC(=O)O[C@H](COC(=O)CCCCCCCCCCCCCCC(C)C)COP(=O)(O)OC[C@@H](O)COP(=O)(O)OC[C@@H](COC(=O)CCCCCCCCC(C)CC)OC(=O)CCCCCCCCCCCCCCCCC. The third-order valence-corrected chi connectivity index (χ3v) is 20.7. The van der Waals surface area contributed by atoms with Crippen LogP contribution in [-0.2, 0) is 65.4 Å². The number of phosphoric ester groups is 2. The predicted octanol–water partition coefficient (Wildman–Crippen LogP) is 23.5. The molecule has 582 valence electrons. The van der Waals surface area contributed by atoms with Crippen LogP contribution in [0.15, 0.2) is 0 Å². The molecule has 0 saturated carbocycles. The van der Waals surface area contributed by atoms with Crippen molar-refractivity contribution < 1.29 is 80.2 Å². The van der Waals surface area contributed by atoms with Crippen LogP contribution in [0.3, 0.4) is 0 Å². The molecule has 17 nitrogen and oxygen atoms in total. The van der Waals surface area contributed by atoms with Gasteiger partial charge in [0.1, 0.15) is 19.3 Å². The lowest BCUT2D eigenvalue weighted by Crippen LogP contribution is -2.30. The number of esters is 4. The van der Waals surface area contributed by atoms with E-state index in [4.69, 9.17) is 37.0 Å². The highest BCUT2D eigenvalue weighted by atomic mass is 31.2. The van der Waals surface area contributed by atoms with Crippen molar-refractivity contribution in [1.82, 2.24) is 0 Å². The topological polar surface area (TPSA) is 237 Å². The van der Waals surface area contributed by atoms with Gasteiger partial charge in [-0.25, -0.2) is 9.13 Å². The Labute approximate surface area is 600 Å². The average molecular weight is 1440 g/mol. The summed E-state index contributed by atoms with van der Waals surface area (Å²) in [5, 5.41) is 10.6. The van der Waals surface area contributed by atoms with E-state index in [1.54, 1.807) is 0 Å². The largest absolute Gasteiger partial charge is 0.472 e. The molecule has 0 aliphatic rings. The lowest BCUT2D eigenvalue weighted by atomic mass is 10.00. The highest BCUT2D eigenvalue weighted by Gasteiger charge is 2.30. The van der Waals surface area contributed by atoms with Crippen molar-refractivity contribution in [3.8, 4) is 0 Å². The van der Waals surface area contributed by atoms with Gasteiger partial charge in [-0.15, -0.1) is 0 Å². The number of hydrogen-bond donors (Lipinski definition) is 3. The van der Waals surface area contributed by atoms with Crippen LogP contribution >= 0.6 is 15.6 Å². The summed E-state index contributed by atoms with van der Waals surface area (Å²) in [5.41, 5.74) is 0. The van der Waals surface area contributed by atoms with Crippen LogP contribution in [0.5, 0.6) is 0 Å². The van der Waals surface area contributed by atoms with Crippen LogP contribution in [0.4, 0.5) is 0 Å². The molecule has 3 unspecified atom stereocenters. The summed E-state index contributed by atoms with van der Waals surface area (Å²) in [6, 6.07) is 0. The van der Waals surface area contributed by atoms with Crippen LogP contribution in [0.1, 0.15) is 414 Å². The van der Waals surface area contributed by atoms with Gasteiger partial charge in [0.15, 0.2) is 12.2 Å². The maximum absolute atomic E-state index is 13.1. The Balaban J connectivity index is 5.25. The quantitative estimate of drug-likeness (QED) is 0.0222. The second-order valence-corrected chi connectivity index (χ2v) is 32.1. The number of ether oxygens (including phenoxy) is 4. The Bertz CT molecular complexity index is 1890. The molecule has 0 radical (unpaired) electrons. The number of aliphatic hydroxyl groups is 1. The molecule has 0 fully saturated rings.